The molecule has 2 fully saturated rings. The molecule has 1 atom stereocenters. The molecule has 27 heavy (non-hydrogen) atoms. The van der Waals surface area contributed by atoms with Crippen LogP contribution in [0.4, 0.5) is 0 Å². The number of carbonyl (C=O) groups is 1. The quantitative estimate of drug-likeness (QED) is 0.827. The molecule has 146 valence electrons. The van der Waals surface area contributed by atoms with Gasteiger partial charge in [0.2, 0.25) is 0 Å². The van der Waals surface area contributed by atoms with Crippen LogP contribution in [-0.2, 0) is 18.4 Å². The lowest BCUT2D eigenvalue weighted by molar-refractivity contribution is -0.135. The van der Waals surface area contributed by atoms with Crippen LogP contribution < -0.4 is 10.1 Å². The molecule has 2 aliphatic rings. The molecular formula is C20H28N4O2S. The van der Waals surface area contributed by atoms with E-state index in [4.69, 9.17) is 4.74 Å². The van der Waals surface area contributed by atoms with Crippen molar-refractivity contribution in [3.63, 3.8) is 0 Å². The molecule has 4 rings (SSSR count). The Balaban J connectivity index is 1.47. The number of nitrogens with zero attached hydrogens (tertiary/aromatic N) is 3. The van der Waals surface area contributed by atoms with Crippen molar-refractivity contribution in [2.75, 3.05) is 19.7 Å². The van der Waals surface area contributed by atoms with Gasteiger partial charge in [0.25, 0.3) is 5.91 Å². The van der Waals surface area contributed by atoms with Gasteiger partial charge in [0.1, 0.15) is 5.69 Å². The molecule has 6 nitrogen and oxygen atoms in total. The van der Waals surface area contributed by atoms with Crippen molar-refractivity contribution >= 4 is 17.2 Å². The molecule has 7 heteroatoms. The molecule has 1 aliphatic heterocycles. The van der Waals surface area contributed by atoms with E-state index in [1.54, 1.807) is 16.0 Å². The fourth-order valence-electron chi connectivity index (χ4n) is 4.36. The van der Waals surface area contributed by atoms with Crippen molar-refractivity contribution in [2.45, 2.75) is 45.7 Å². The van der Waals surface area contributed by atoms with Crippen LogP contribution >= 0.6 is 11.3 Å². The highest BCUT2D eigenvalue weighted by molar-refractivity contribution is 7.07. The third kappa shape index (κ3) is 3.62. The molecule has 0 aromatic carbocycles. The maximum Gasteiger partial charge on any atom is 0.261 e. The van der Waals surface area contributed by atoms with E-state index in [9.17, 15) is 4.79 Å². The van der Waals surface area contributed by atoms with E-state index in [1.807, 2.05) is 20.9 Å². The van der Waals surface area contributed by atoms with Gasteiger partial charge in [0.05, 0.1) is 5.69 Å². The molecule has 1 N–H and O–H groups in total. The van der Waals surface area contributed by atoms with Gasteiger partial charge in [0.15, 0.2) is 12.4 Å². The lowest BCUT2D eigenvalue weighted by Gasteiger charge is -2.29. The average Bonchev–Trinajstić information content (AvgIpc) is 3.00. The Bertz CT molecular complexity index is 808. The summed E-state index contributed by atoms with van der Waals surface area (Å²) in [6.45, 7) is 6.75. The molecule has 3 heterocycles. The van der Waals surface area contributed by atoms with E-state index in [-0.39, 0.29) is 12.5 Å². The van der Waals surface area contributed by atoms with Gasteiger partial charge in [-0.1, -0.05) is 0 Å². The number of carbonyl (C=O) groups excluding carboxylic acids is 1. The maximum atomic E-state index is 13.1. The molecule has 2 aromatic heterocycles. The first kappa shape index (κ1) is 18.5. The fourth-order valence-corrected chi connectivity index (χ4v) is 5.02. The van der Waals surface area contributed by atoms with Gasteiger partial charge >= 0.3 is 0 Å². The van der Waals surface area contributed by atoms with E-state index >= 15 is 0 Å². The van der Waals surface area contributed by atoms with Crippen molar-refractivity contribution < 1.29 is 9.53 Å². The Labute approximate surface area is 164 Å². The highest BCUT2D eigenvalue weighted by Gasteiger charge is 2.57. The van der Waals surface area contributed by atoms with Crippen molar-refractivity contribution in [1.29, 1.82) is 0 Å². The Morgan fingerprint density at radius 1 is 1.44 bits per heavy atom. The Morgan fingerprint density at radius 3 is 2.85 bits per heavy atom. The van der Waals surface area contributed by atoms with Crippen LogP contribution in [-0.4, -0.2) is 46.3 Å². The molecule has 2 aromatic rings. The van der Waals surface area contributed by atoms with E-state index in [2.05, 4.69) is 32.1 Å². The smallest absolute Gasteiger partial charge is 0.261 e. The van der Waals surface area contributed by atoms with Crippen LogP contribution in [0.1, 0.15) is 36.2 Å². The summed E-state index contributed by atoms with van der Waals surface area (Å²) in [5.41, 5.74) is 3.30. The summed E-state index contributed by atoms with van der Waals surface area (Å²) >= 11 is 1.68. The number of amides is 1. The molecule has 1 spiro atoms. The lowest BCUT2D eigenvalue weighted by Crippen LogP contribution is -2.41. The zero-order valence-corrected chi connectivity index (χ0v) is 17.1. The number of hydrogen-bond acceptors (Lipinski definition) is 5. The number of nitrogens with one attached hydrogen (secondary N) is 1. The minimum atomic E-state index is 0.0718. The number of piperidine rings is 1. The van der Waals surface area contributed by atoms with E-state index in [0.717, 1.165) is 49.5 Å². The summed E-state index contributed by atoms with van der Waals surface area (Å²) in [7, 11) is 1.89. The highest BCUT2D eigenvalue weighted by Crippen LogP contribution is 2.56. The largest absolute Gasteiger partial charge is 0.480 e. The predicted octanol–water partition coefficient (Wildman–Crippen LogP) is 2.65. The summed E-state index contributed by atoms with van der Waals surface area (Å²) in [5.74, 6) is 0.804. The van der Waals surface area contributed by atoms with Crippen molar-refractivity contribution in [3.8, 4) is 5.75 Å². The van der Waals surface area contributed by atoms with Crippen LogP contribution in [0.3, 0.4) is 0 Å². The zero-order chi connectivity index (χ0) is 19.0. The number of thiophene rings is 1. The highest BCUT2D eigenvalue weighted by atomic mass is 32.1. The normalized spacial score (nSPS) is 20.6. The SMILES string of the molecule is Cc1nn(C)c(C)c1OCC(=O)N(Cc1ccsc1)C1CC12CCNCC2. The molecule has 1 aliphatic carbocycles. The number of aromatic nitrogens is 2. The summed E-state index contributed by atoms with van der Waals surface area (Å²) in [5, 5.41) is 12.0. The Kier molecular flexibility index (Phi) is 4.99. The van der Waals surface area contributed by atoms with E-state index in [0.29, 0.717) is 18.0 Å². The fraction of sp³-hybridized carbons (Fsp3) is 0.600. The first-order valence-electron chi connectivity index (χ1n) is 9.64. The monoisotopic (exact) mass is 388 g/mol. The summed E-state index contributed by atoms with van der Waals surface area (Å²) < 4.78 is 7.71. The molecule has 1 amide bonds. The molecule has 0 radical (unpaired) electrons. The zero-order valence-electron chi connectivity index (χ0n) is 16.3. The van der Waals surface area contributed by atoms with Crippen molar-refractivity contribution in [2.24, 2.45) is 12.5 Å². The van der Waals surface area contributed by atoms with E-state index in [1.165, 1.54) is 5.56 Å². The third-order valence-electron chi connectivity index (χ3n) is 6.16. The van der Waals surface area contributed by atoms with Crippen LogP contribution in [0.5, 0.6) is 5.75 Å². The van der Waals surface area contributed by atoms with Gasteiger partial charge in [-0.3, -0.25) is 9.48 Å². The molecule has 0 bridgehead atoms. The van der Waals surface area contributed by atoms with Gasteiger partial charge in [-0.2, -0.15) is 16.4 Å². The predicted molar refractivity (Wildman–Crippen MR) is 106 cm³/mol. The molecule has 1 saturated heterocycles. The summed E-state index contributed by atoms with van der Waals surface area (Å²) in [6, 6.07) is 2.45. The molecule has 1 unspecified atom stereocenters. The second-order valence-corrected chi connectivity index (χ2v) is 8.68. The first-order chi connectivity index (χ1) is 13.0. The van der Waals surface area contributed by atoms with Gasteiger partial charge in [-0.15, -0.1) is 0 Å². The second kappa shape index (κ2) is 7.28. The summed E-state index contributed by atoms with van der Waals surface area (Å²) in [4.78, 5) is 15.2. The summed E-state index contributed by atoms with van der Waals surface area (Å²) in [6.07, 6.45) is 3.44. The topological polar surface area (TPSA) is 59.4 Å². The standard InChI is InChI=1S/C20H28N4O2S/c1-14-19(15(2)23(3)22-14)26-12-18(25)24(11-16-4-9-27-13-16)17-10-20(17)5-7-21-8-6-20/h4,9,13,17,21H,5-8,10-12H2,1-3H3. The average molecular weight is 389 g/mol. The number of aryl methyl sites for hydroxylation is 2. The minimum absolute atomic E-state index is 0.0718. The van der Waals surface area contributed by atoms with Crippen LogP contribution in [0, 0.1) is 19.3 Å². The maximum absolute atomic E-state index is 13.1. The van der Waals surface area contributed by atoms with Gasteiger partial charge in [0, 0.05) is 19.6 Å². The van der Waals surface area contributed by atoms with Crippen molar-refractivity contribution in [1.82, 2.24) is 20.0 Å². The second-order valence-electron chi connectivity index (χ2n) is 7.90. The Hall–Kier alpha value is -1.86. The third-order valence-corrected chi connectivity index (χ3v) is 6.89. The Morgan fingerprint density at radius 2 is 2.22 bits per heavy atom. The number of ether oxygens (including phenoxy) is 1. The van der Waals surface area contributed by atoms with Crippen molar-refractivity contribution in [3.05, 3.63) is 33.8 Å². The van der Waals surface area contributed by atoms with E-state index < -0.39 is 0 Å². The number of hydrogen-bond donors (Lipinski definition) is 1. The van der Waals surface area contributed by atoms with Gasteiger partial charge in [-0.05, 0) is 74.0 Å². The molecular weight excluding hydrogens is 360 g/mol. The molecule has 1 saturated carbocycles. The van der Waals surface area contributed by atoms with Crippen LogP contribution in [0.15, 0.2) is 16.8 Å². The minimum Gasteiger partial charge on any atom is -0.480 e. The van der Waals surface area contributed by atoms with Gasteiger partial charge < -0.3 is 15.0 Å². The van der Waals surface area contributed by atoms with Gasteiger partial charge in [-0.25, -0.2) is 0 Å². The van der Waals surface area contributed by atoms with Crippen LogP contribution in [0.25, 0.3) is 0 Å². The van der Waals surface area contributed by atoms with Crippen LogP contribution in [0.2, 0.25) is 0 Å². The number of rotatable bonds is 6. The lowest BCUT2D eigenvalue weighted by atomic mass is 9.93. The first-order valence-corrected chi connectivity index (χ1v) is 10.6.